The van der Waals surface area contributed by atoms with Gasteiger partial charge in [-0.05, 0) is 30.2 Å². The van der Waals surface area contributed by atoms with Crippen LogP contribution in [0.15, 0.2) is 77.7 Å². The van der Waals surface area contributed by atoms with E-state index >= 15 is 0 Å². The van der Waals surface area contributed by atoms with Crippen molar-refractivity contribution < 1.29 is 13.2 Å². The highest BCUT2D eigenvalue weighted by atomic mass is 32.2. The Morgan fingerprint density at radius 1 is 0.963 bits per heavy atom. The second-order valence-corrected chi connectivity index (χ2v) is 7.87. The summed E-state index contributed by atoms with van der Waals surface area (Å²) in [5, 5.41) is 8.14. The molecular formula is C21H20N2O3S. The number of hydrogen-bond donors (Lipinski definition) is 2. The summed E-state index contributed by atoms with van der Waals surface area (Å²) in [7, 11) is -3.96. The van der Waals surface area contributed by atoms with Crippen LogP contribution in [0.1, 0.15) is 11.1 Å². The van der Waals surface area contributed by atoms with Crippen molar-refractivity contribution in [2.45, 2.75) is 18.2 Å². The number of primary sulfonamides is 1. The molecule has 3 aromatic carbocycles. The molecule has 0 unspecified atom stereocenters. The summed E-state index contributed by atoms with van der Waals surface area (Å²) in [6.45, 7) is 1.96. The maximum Gasteiger partial charge on any atom is 0.238 e. The lowest BCUT2D eigenvalue weighted by Crippen LogP contribution is -2.17. The van der Waals surface area contributed by atoms with E-state index in [-0.39, 0.29) is 17.2 Å². The van der Waals surface area contributed by atoms with Gasteiger partial charge in [0.15, 0.2) is 0 Å². The van der Waals surface area contributed by atoms with Crippen molar-refractivity contribution in [1.29, 1.82) is 0 Å². The molecule has 0 aromatic heterocycles. The van der Waals surface area contributed by atoms with Crippen LogP contribution in [0.2, 0.25) is 0 Å². The number of nitrogens with one attached hydrogen (secondary N) is 1. The summed E-state index contributed by atoms with van der Waals surface area (Å²) < 4.78 is 24.1. The van der Waals surface area contributed by atoms with Gasteiger partial charge in [-0.15, -0.1) is 0 Å². The normalized spacial score (nSPS) is 11.2. The number of sulfonamides is 1. The molecule has 0 bridgehead atoms. The molecule has 6 heteroatoms. The first-order chi connectivity index (χ1) is 12.8. The number of benzene rings is 3. The van der Waals surface area contributed by atoms with Gasteiger partial charge in [-0.1, -0.05) is 66.2 Å². The summed E-state index contributed by atoms with van der Waals surface area (Å²) >= 11 is 0. The van der Waals surface area contributed by atoms with Crippen molar-refractivity contribution in [3.8, 4) is 11.1 Å². The Hall–Kier alpha value is -2.96. The number of nitrogens with two attached hydrogens (primary N) is 1. The Morgan fingerprint density at radius 2 is 1.70 bits per heavy atom. The maximum absolute atomic E-state index is 12.3. The van der Waals surface area contributed by atoms with Crippen LogP contribution in [-0.4, -0.2) is 14.3 Å². The van der Waals surface area contributed by atoms with Crippen LogP contribution in [0, 0.1) is 6.92 Å². The molecule has 5 nitrogen and oxygen atoms in total. The molecule has 0 aliphatic rings. The number of carbonyl (C=O) groups is 1. The molecule has 0 radical (unpaired) electrons. The van der Waals surface area contributed by atoms with Gasteiger partial charge in [0.1, 0.15) is 0 Å². The molecule has 1 amide bonds. The van der Waals surface area contributed by atoms with Crippen molar-refractivity contribution in [2.75, 3.05) is 5.32 Å². The van der Waals surface area contributed by atoms with E-state index < -0.39 is 10.0 Å². The van der Waals surface area contributed by atoms with Crippen LogP contribution in [0.3, 0.4) is 0 Å². The van der Waals surface area contributed by atoms with Crippen molar-refractivity contribution in [1.82, 2.24) is 0 Å². The average molecular weight is 380 g/mol. The molecule has 0 heterocycles. The highest BCUT2D eigenvalue weighted by molar-refractivity contribution is 7.89. The van der Waals surface area contributed by atoms with Gasteiger partial charge in [0.25, 0.3) is 0 Å². The van der Waals surface area contributed by atoms with E-state index in [9.17, 15) is 13.2 Å². The summed E-state index contributed by atoms with van der Waals surface area (Å²) in [6.07, 6.45) is 0.201. The molecular weight excluding hydrogens is 360 g/mol. The van der Waals surface area contributed by atoms with E-state index in [0.717, 1.165) is 16.7 Å². The fourth-order valence-corrected chi connectivity index (χ4v) is 3.69. The van der Waals surface area contributed by atoms with Crippen LogP contribution < -0.4 is 10.5 Å². The Balaban J connectivity index is 1.88. The zero-order chi connectivity index (χ0) is 19.4. The van der Waals surface area contributed by atoms with Crippen molar-refractivity contribution in [3.63, 3.8) is 0 Å². The Bertz CT molecular complexity index is 1080. The van der Waals surface area contributed by atoms with E-state index in [4.69, 9.17) is 5.14 Å². The standard InChI is InChI=1S/C21H20N2O3S/c1-15-6-5-7-16(12-15)13-21(24)23-18-10-11-19(17-8-3-2-4-9-17)20(14-18)27(22,25)26/h2-12,14H,13H2,1H3,(H,23,24)(H2,22,25,26). The van der Waals surface area contributed by atoms with Crippen LogP contribution in [0.4, 0.5) is 5.69 Å². The highest BCUT2D eigenvalue weighted by Crippen LogP contribution is 2.29. The van der Waals surface area contributed by atoms with Gasteiger partial charge in [0, 0.05) is 11.3 Å². The second kappa shape index (κ2) is 7.73. The number of anilines is 1. The fourth-order valence-electron chi connectivity index (χ4n) is 2.90. The zero-order valence-electron chi connectivity index (χ0n) is 14.8. The molecule has 3 N–H and O–H groups in total. The molecule has 0 aliphatic carbocycles. The molecule has 0 atom stereocenters. The number of aryl methyl sites for hydroxylation is 1. The average Bonchev–Trinajstić information content (AvgIpc) is 2.61. The van der Waals surface area contributed by atoms with Gasteiger partial charge in [0.2, 0.25) is 15.9 Å². The predicted octanol–water partition coefficient (Wildman–Crippen LogP) is 3.49. The topological polar surface area (TPSA) is 89.3 Å². The monoisotopic (exact) mass is 380 g/mol. The molecule has 27 heavy (non-hydrogen) atoms. The second-order valence-electron chi connectivity index (χ2n) is 6.34. The summed E-state index contributed by atoms with van der Waals surface area (Å²) in [4.78, 5) is 12.3. The Morgan fingerprint density at radius 3 is 2.37 bits per heavy atom. The summed E-state index contributed by atoms with van der Waals surface area (Å²) in [5.74, 6) is -0.228. The summed E-state index contributed by atoms with van der Waals surface area (Å²) in [5.41, 5.74) is 3.58. The fraction of sp³-hybridized carbons (Fsp3) is 0.0952. The lowest BCUT2D eigenvalue weighted by atomic mass is 10.1. The third kappa shape index (κ3) is 4.81. The van der Waals surface area contributed by atoms with E-state index in [1.54, 1.807) is 24.3 Å². The van der Waals surface area contributed by atoms with Crippen LogP contribution in [0.25, 0.3) is 11.1 Å². The number of carbonyl (C=O) groups excluding carboxylic acids is 1. The van der Waals surface area contributed by atoms with E-state index in [2.05, 4.69) is 5.32 Å². The van der Waals surface area contributed by atoms with Gasteiger partial charge >= 0.3 is 0 Å². The minimum atomic E-state index is -3.96. The number of rotatable bonds is 5. The van der Waals surface area contributed by atoms with Gasteiger partial charge < -0.3 is 5.32 Å². The molecule has 138 valence electrons. The largest absolute Gasteiger partial charge is 0.326 e. The van der Waals surface area contributed by atoms with Gasteiger partial charge in [-0.25, -0.2) is 13.6 Å². The highest BCUT2D eigenvalue weighted by Gasteiger charge is 2.17. The first-order valence-electron chi connectivity index (χ1n) is 8.40. The lowest BCUT2D eigenvalue weighted by molar-refractivity contribution is -0.115. The Kier molecular flexibility index (Phi) is 5.39. The molecule has 0 saturated carbocycles. The SMILES string of the molecule is Cc1cccc(CC(=O)Nc2ccc(-c3ccccc3)c(S(N)(=O)=O)c2)c1. The molecule has 0 spiro atoms. The Labute approximate surface area is 158 Å². The third-order valence-corrected chi connectivity index (χ3v) is 5.05. The van der Waals surface area contributed by atoms with Crippen LogP contribution >= 0.6 is 0 Å². The molecule has 0 aliphatic heterocycles. The minimum Gasteiger partial charge on any atom is -0.326 e. The van der Waals surface area contributed by atoms with Gasteiger partial charge in [-0.2, -0.15) is 0 Å². The minimum absolute atomic E-state index is 0.0259. The van der Waals surface area contributed by atoms with E-state index in [1.807, 2.05) is 49.4 Å². The third-order valence-electron chi connectivity index (χ3n) is 4.10. The predicted molar refractivity (Wildman–Crippen MR) is 107 cm³/mol. The first kappa shape index (κ1) is 18.8. The molecule has 3 rings (SSSR count). The van der Waals surface area contributed by atoms with Gasteiger partial charge in [-0.3, -0.25) is 4.79 Å². The van der Waals surface area contributed by atoms with Gasteiger partial charge in [0.05, 0.1) is 11.3 Å². The lowest BCUT2D eigenvalue weighted by Gasteiger charge is -2.12. The van der Waals surface area contributed by atoms with Crippen molar-refractivity contribution in [3.05, 3.63) is 83.9 Å². The first-order valence-corrected chi connectivity index (χ1v) is 9.95. The molecule has 0 saturated heterocycles. The smallest absolute Gasteiger partial charge is 0.238 e. The van der Waals surface area contributed by atoms with Crippen molar-refractivity contribution >= 4 is 21.6 Å². The zero-order valence-corrected chi connectivity index (χ0v) is 15.7. The quantitative estimate of drug-likeness (QED) is 0.710. The molecule has 0 fully saturated rings. The maximum atomic E-state index is 12.3. The van der Waals surface area contributed by atoms with E-state index in [1.165, 1.54) is 6.07 Å². The van der Waals surface area contributed by atoms with E-state index in [0.29, 0.717) is 11.3 Å². The van der Waals surface area contributed by atoms with Crippen LogP contribution in [0.5, 0.6) is 0 Å². The van der Waals surface area contributed by atoms with Crippen LogP contribution in [-0.2, 0) is 21.2 Å². The summed E-state index contributed by atoms with van der Waals surface area (Å²) in [6, 6.07) is 21.5. The van der Waals surface area contributed by atoms with Crippen molar-refractivity contribution in [2.24, 2.45) is 5.14 Å². The molecule has 3 aromatic rings. The number of amides is 1. The number of hydrogen-bond acceptors (Lipinski definition) is 3.